The minimum absolute atomic E-state index is 0.124. The van der Waals surface area contributed by atoms with Crippen LogP contribution in [-0.4, -0.2) is 26.7 Å². The smallest absolute Gasteiger partial charge is 0.269 e. The largest absolute Gasteiger partial charge is 0.340 e. The number of nitrogens with one attached hydrogen (secondary N) is 2. The summed E-state index contributed by atoms with van der Waals surface area (Å²) in [5.74, 6) is -0.504. The third-order valence-corrected chi connectivity index (χ3v) is 9.98. The van der Waals surface area contributed by atoms with Gasteiger partial charge in [0, 0.05) is 35.6 Å². The Kier molecular flexibility index (Phi) is 7.93. The van der Waals surface area contributed by atoms with Gasteiger partial charge in [0.15, 0.2) is 0 Å². The SMILES string of the molecule is O=[N+]([O-])c1ccc(NC(Nc2ccc([N+](=O)[O-])cc2)=C(S(=O)(=O)c2ccccc2)S(=O)(=O)c2ccccc2)cc1. The van der Waals surface area contributed by atoms with Gasteiger partial charge in [0.1, 0.15) is 5.82 Å². The van der Waals surface area contributed by atoms with Crippen molar-refractivity contribution in [3.8, 4) is 0 Å². The van der Waals surface area contributed by atoms with E-state index < -0.39 is 39.6 Å². The molecule has 0 heterocycles. The molecule has 4 aromatic rings. The lowest BCUT2D eigenvalue weighted by molar-refractivity contribution is -0.385. The maximum Gasteiger partial charge on any atom is 0.269 e. The normalized spacial score (nSPS) is 11.3. The summed E-state index contributed by atoms with van der Waals surface area (Å²) >= 11 is 0. The van der Waals surface area contributed by atoms with Crippen molar-refractivity contribution in [2.45, 2.75) is 9.79 Å². The number of hydrogen-bond acceptors (Lipinski definition) is 10. The first-order valence-electron chi connectivity index (χ1n) is 11.4. The van der Waals surface area contributed by atoms with Crippen LogP contribution in [-0.2, 0) is 19.7 Å². The van der Waals surface area contributed by atoms with Crippen molar-refractivity contribution in [3.63, 3.8) is 0 Å². The van der Waals surface area contributed by atoms with Gasteiger partial charge in [0.25, 0.3) is 11.4 Å². The molecule has 0 unspecified atom stereocenters. The van der Waals surface area contributed by atoms with Crippen molar-refractivity contribution >= 4 is 42.4 Å². The zero-order valence-corrected chi connectivity index (χ0v) is 22.0. The lowest BCUT2D eigenvalue weighted by atomic mass is 10.2. The van der Waals surface area contributed by atoms with Crippen molar-refractivity contribution in [2.75, 3.05) is 10.6 Å². The van der Waals surface area contributed by atoms with E-state index in [1.807, 2.05) is 0 Å². The van der Waals surface area contributed by atoms with E-state index in [0.29, 0.717) is 0 Å². The molecule has 2 N–H and O–H groups in total. The average molecular weight is 581 g/mol. The van der Waals surface area contributed by atoms with Gasteiger partial charge >= 0.3 is 0 Å². The van der Waals surface area contributed by atoms with Gasteiger partial charge in [0.2, 0.25) is 23.9 Å². The number of rotatable bonds is 10. The van der Waals surface area contributed by atoms with Gasteiger partial charge in [-0.05, 0) is 48.5 Å². The van der Waals surface area contributed by atoms with Gasteiger partial charge < -0.3 is 10.6 Å². The molecule has 0 aliphatic carbocycles. The monoisotopic (exact) mass is 580 g/mol. The summed E-state index contributed by atoms with van der Waals surface area (Å²) in [6, 6.07) is 23.6. The van der Waals surface area contributed by atoms with Gasteiger partial charge in [-0.15, -0.1) is 0 Å². The topological polar surface area (TPSA) is 179 Å². The molecule has 4 rings (SSSR count). The van der Waals surface area contributed by atoms with Crippen molar-refractivity contribution < 1.29 is 26.7 Å². The second kappa shape index (κ2) is 11.3. The molecule has 40 heavy (non-hydrogen) atoms. The lowest BCUT2D eigenvalue weighted by Gasteiger charge is -2.20. The van der Waals surface area contributed by atoms with Crippen molar-refractivity contribution in [1.82, 2.24) is 0 Å². The lowest BCUT2D eigenvalue weighted by Crippen LogP contribution is -2.24. The molecule has 0 amide bonds. The fraction of sp³-hybridized carbons (Fsp3) is 0. The summed E-state index contributed by atoms with van der Waals surface area (Å²) < 4.78 is 54.8. The minimum Gasteiger partial charge on any atom is -0.340 e. The Labute approximate surface area is 228 Å². The Balaban J connectivity index is 1.99. The van der Waals surface area contributed by atoms with Crippen LogP contribution in [0.5, 0.6) is 0 Å². The third-order valence-electron chi connectivity index (χ3n) is 5.49. The summed E-state index contributed by atoms with van der Waals surface area (Å²) in [5, 5.41) is 27.7. The van der Waals surface area contributed by atoms with Crippen LogP contribution < -0.4 is 10.6 Å². The highest BCUT2D eigenvalue weighted by Crippen LogP contribution is 2.33. The van der Waals surface area contributed by atoms with Gasteiger partial charge in [-0.25, -0.2) is 16.8 Å². The van der Waals surface area contributed by atoms with Crippen molar-refractivity contribution in [1.29, 1.82) is 0 Å². The first-order valence-corrected chi connectivity index (χ1v) is 14.3. The molecule has 0 radical (unpaired) electrons. The number of benzene rings is 4. The number of nitro benzene ring substituents is 2. The van der Waals surface area contributed by atoms with Gasteiger partial charge in [0.05, 0.1) is 19.6 Å². The molecule has 0 spiro atoms. The van der Waals surface area contributed by atoms with Crippen LogP contribution in [0.15, 0.2) is 129 Å². The molecular formula is C26H20N4O8S2. The third kappa shape index (κ3) is 5.98. The van der Waals surface area contributed by atoms with Crippen LogP contribution in [0, 0.1) is 20.2 Å². The Morgan fingerprint density at radius 2 is 0.850 bits per heavy atom. The maximum absolute atomic E-state index is 14.0. The van der Waals surface area contributed by atoms with E-state index in [1.54, 1.807) is 12.1 Å². The highest BCUT2D eigenvalue weighted by Gasteiger charge is 2.37. The molecule has 0 aliphatic heterocycles. The molecule has 0 aromatic heterocycles. The Bertz CT molecular complexity index is 1660. The fourth-order valence-corrected chi connectivity index (χ4v) is 7.51. The van der Waals surface area contributed by atoms with Crippen molar-refractivity contribution in [3.05, 3.63) is 139 Å². The van der Waals surface area contributed by atoms with Crippen LogP contribution in [0.25, 0.3) is 0 Å². The Hall–Kier alpha value is -5.08. The number of nitrogens with zero attached hydrogens (tertiary/aromatic N) is 2. The van der Waals surface area contributed by atoms with E-state index in [-0.39, 0.29) is 32.5 Å². The average Bonchev–Trinajstić information content (AvgIpc) is 2.94. The first-order chi connectivity index (χ1) is 19.0. The molecule has 14 heteroatoms. The summed E-state index contributed by atoms with van der Waals surface area (Å²) in [6.07, 6.45) is 0. The molecule has 12 nitrogen and oxygen atoms in total. The molecule has 0 bridgehead atoms. The van der Waals surface area contributed by atoms with Gasteiger partial charge in [-0.3, -0.25) is 20.2 Å². The number of sulfone groups is 2. The Morgan fingerprint density at radius 3 is 1.15 bits per heavy atom. The van der Waals surface area contributed by atoms with Gasteiger partial charge in [-0.2, -0.15) is 0 Å². The first kappa shape index (κ1) is 27.9. The second-order valence-electron chi connectivity index (χ2n) is 8.15. The molecule has 0 saturated carbocycles. The molecule has 204 valence electrons. The van der Waals surface area contributed by atoms with Gasteiger partial charge in [-0.1, -0.05) is 36.4 Å². The van der Waals surface area contributed by atoms with E-state index in [2.05, 4.69) is 10.6 Å². The van der Waals surface area contributed by atoms with Crippen LogP contribution in [0.1, 0.15) is 0 Å². The number of hydrogen-bond donors (Lipinski definition) is 2. The summed E-state index contributed by atoms with van der Waals surface area (Å²) in [6.45, 7) is 0. The van der Waals surface area contributed by atoms with E-state index in [9.17, 15) is 37.1 Å². The second-order valence-corrected chi connectivity index (χ2v) is 12.2. The van der Waals surface area contributed by atoms with E-state index in [0.717, 1.165) is 24.3 Å². The van der Waals surface area contributed by atoms with Crippen LogP contribution >= 0.6 is 0 Å². The number of non-ortho nitro benzene ring substituents is 2. The molecule has 0 saturated heterocycles. The summed E-state index contributed by atoms with van der Waals surface area (Å²) in [5.41, 5.74) is -0.236. The number of nitro groups is 2. The van der Waals surface area contributed by atoms with E-state index >= 15 is 0 Å². The quantitative estimate of drug-likeness (QED) is 0.189. The standard InChI is InChI=1S/C26H20N4O8S2/c31-29(32)21-15-11-19(12-16-21)27-25(28-20-13-17-22(18-14-20)30(33)34)26(39(35,36)23-7-3-1-4-8-23)40(37,38)24-9-5-2-6-10-24/h1-18,27-28H. The summed E-state index contributed by atoms with van der Waals surface area (Å²) in [7, 11) is -9.48. The molecule has 0 aliphatic rings. The molecule has 0 fully saturated rings. The molecular weight excluding hydrogens is 560 g/mol. The zero-order valence-electron chi connectivity index (χ0n) is 20.4. The highest BCUT2D eigenvalue weighted by molar-refractivity contribution is 8.14. The van der Waals surface area contributed by atoms with E-state index in [4.69, 9.17) is 0 Å². The number of anilines is 2. The zero-order chi connectivity index (χ0) is 28.9. The van der Waals surface area contributed by atoms with Crippen molar-refractivity contribution in [2.24, 2.45) is 0 Å². The summed E-state index contributed by atoms with van der Waals surface area (Å²) in [4.78, 5) is 20.3. The van der Waals surface area contributed by atoms with Crippen LogP contribution in [0.3, 0.4) is 0 Å². The minimum atomic E-state index is -4.74. The molecule has 4 aromatic carbocycles. The highest BCUT2D eigenvalue weighted by atomic mass is 32.3. The predicted octanol–water partition coefficient (Wildman–Crippen LogP) is 5.10. The fourth-order valence-electron chi connectivity index (χ4n) is 3.58. The predicted molar refractivity (Wildman–Crippen MR) is 148 cm³/mol. The van der Waals surface area contributed by atoms with Crippen LogP contribution in [0.2, 0.25) is 0 Å². The Morgan fingerprint density at radius 1 is 0.525 bits per heavy atom. The maximum atomic E-state index is 14.0. The van der Waals surface area contributed by atoms with Crippen LogP contribution in [0.4, 0.5) is 22.7 Å². The molecule has 0 atom stereocenters. The van der Waals surface area contributed by atoms with E-state index in [1.165, 1.54) is 72.8 Å².